The molecule has 1 unspecified atom stereocenters. The number of nitrogens with zero attached hydrogens (tertiary/aromatic N) is 1. The molecule has 0 spiro atoms. The highest BCUT2D eigenvalue weighted by Crippen LogP contribution is 2.28. The first-order valence-electron chi connectivity index (χ1n) is 8.65. The molecule has 1 aliphatic heterocycles. The molecule has 0 aliphatic carbocycles. The molecule has 1 amide bonds. The maximum atomic E-state index is 13.1. The van der Waals surface area contributed by atoms with E-state index in [1.165, 1.54) is 17.3 Å². The maximum absolute atomic E-state index is 13.1. The van der Waals surface area contributed by atoms with Gasteiger partial charge in [-0.1, -0.05) is 6.92 Å². The zero-order chi connectivity index (χ0) is 19.6. The number of sulfonamides is 1. The average molecular weight is 382 g/mol. The van der Waals surface area contributed by atoms with Crippen molar-refractivity contribution in [3.05, 3.63) is 28.8 Å². The molecule has 0 bridgehead atoms. The van der Waals surface area contributed by atoms with Gasteiger partial charge in [0.1, 0.15) is 0 Å². The van der Waals surface area contributed by atoms with Gasteiger partial charge in [-0.2, -0.15) is 4.31 Å². The summed E-state index contributed by atoms with van der Waals surface area (Å²) in [5, 5.41) is 0. The Morgan fingerprint density at radius 1 is 1.23 bits per heavy atom. The van der Waals surface area contributed by atoms with Crippen LogP contribution < -0.4 is 5.73 Å². The monoisotopic (exact) mass is 382 g/mol. The minimum absolute atomic E-state index is 0.0881. The Bertz CT molecular complexity index is 811. The normalized spacial score (nSPS) is 17.7. The summed E-state index contributed by atoms with van der Waals surface area (Å²) in [7, 11) is -3.71. The molecule has 144 valence electrons. The van der Waals surface area contributed by atoms with Crippen LogP contribution in [0.1, 0.15) is 48.2 Å². The highest BCUT2D eigenvalue weighted by Gasteiger charge is 2.31. The Morgan fingerprint density at radius 3 is 2.35 bits per heavy atom. The van der Waals surface area contributed by atoms with Crippen molar-refractivity contribution in [1.29, 1.82) is 0 Å². The van der Waals surface area contributed by atoms with Crippen LogP contribution in [0, 0.1) is 19.8 Å². The molecule has 26 heavy (non-hydrogen) atoms. The Labute approximate surface area is 154 Å². The summed E-state index contributed by atoms with van der Waals surface area (Å²) in [4.78, 5) is 23.5. The van der Waals surface area contributed by atoms with Crippen molar-refractivity contribution >= 4 is 21.9 Å². The van der Waals surface area contributed by atoms with Crippen molar-refractivity contribution in [3.63, 3.8) is 0 Å². The number of esters is 1. The summed E-state index contributed by atoms with van der Waals surface area (Å²) in [5.41, 5.74) is 6.46. The molecular formula is C18H26N2O5S. The molecule has 0 aromatic heterocycles. The number of piperidine rings is 1. The maximum Gasteiger partial charge on any atom is 0.338 e. The molecule has 2 N–H and O–H groups in total. The lowest BCUT2D eigenvalue weighted by Crippen LogP contribution is -2.38. The molecule has 1 aliphatic rings. The predicted octanol–water partition coefficient (Wildman–Crippen LogP) is 1.75. The van der Waals surface area contributed by atoms with Crippen molar-refractivity contribution < 1.29 is 22.7 Å². The van der Waals surface area contributed by atoms with E-state index in [0.717, 1.165) is 12.8 Å². The quantitative estimate of drug-likeness (QED) is 0.781. The van der Waals surface area contributed by atoms with Gasteiger partial charge in [-0.3, -0.25) is 4.79 Å². The number of rotatable bonds is 5. The van der Waals surface area contributed by atoms with Gasteiger partial charge in [0.05, 0.1) is 10.5 Å². The number of primary amides is 1. The van der Waals surface area contributed by atoms with E-state index in [4.69, 9.17) is 10.5 Å². The first-order chi connectivity index (χ1) is 12.0. The lowest BCUT2D eigenvalue weighted by Gasteiger charge is -2.30. The predicted molar refractivity (Wildman–Crippen MR) is 97.1 cm³/mol. The molecule has 1 heterocycles. The zero-order valence-electron chi connectivity index (χ0n) is 15.6. The van der Waals surface area contributed by atoms with Gasteiger partial charge in [-0.05, 0) is 62.8 Å². The molecule has 0 saturated carbocycles. The first kappa shape index (κ1) is 20.4. The van der Waals surface area contributed by atoms with Crippen LogP contribution in [0.4, 0.5) is 0 Å². The summed E-state index contributed by atoms with van der Waals surface area (Å²) in [6, 6.07) is 2.88. The molecule has 0 radical (unpaired) electrons. The zero-order valence-corrected chi connectivity index (χ0v) is 16.4. The fraction of sp³-hybridized carbons (Fsp3) is 0.556. The third kappa shape index (κ3) is 4.24. The summed E-state index contributed by atoms with van der Waals surface area (Å²) < 4.78 is 32.6. The van der Waals surface area contributed by atoms with Crippen LogP contribution in [-0.2, 0) is 19.6 Å². The highest BCUT2D eigenvalue weighted by atomic mass is 32.2. The van der Waals surface area contributed by atoms with Crippen LogP contribution in [0.2, 0.25) is 0 Å². The summed E-state index contributed by atoms with van der Waals surface area (Å²) in [6.07, 6.45) is 0.539. The molecular weight excluding hydrogens is 356 g/mol. The van der Waals surface area contributed by atoms with E-state index in [1.807, 2.05) is 0 Å². The molecule has 1 saturated heterocycles. The van der Waals surface area contributed by atoms with Crippen molar-refractivity contribution in [1.82, 2.24) is 4.31 Å². The molecule has 8 heteroatoms. The largest absolute Gasteiger partial charge is 0.449 e. The van der Waals surface area contributed by atoms with Crippen molar-refractivity contribution in [2.45, 2.75) is 51.5 Å². The van der Waals surface area contributed by atoms with E-state index >= 15 is 0 Å². The van der Waals surface area contributed by atoms with E-state index < -0.39 is 28.0 Å². The van der Waals surface area contributed by atoms with Crippen LogP contribution in [0.5, 0.6) is 0 Å². The second kappa shape index (κ2) is 7.75. The molecule has 1 atom stereocenters. The third-order valence-corrected chi connectivity index (χ3v) is 6.93. The Morgan fingerprint density at radius 2 is 1.81 bits per heavy atom. The first-order valence-corrected chi connectivity index (χ1v) is 10.1. The van der Waals surface area contributed by atoms with Crippen LogP contribution in [0.15, 0.2) is 17.0 Å². The second-order valence-corrected chi connectivity index (χ2v) is 8.86. The van der Waals surface area contributed by atoms with E-state index in [1.54, 1.807) is 19.9 Å². The van der Waals surface area contributed by atoms with Gasteiger partial charge in [0.25, 0.3) is 5.91 Å². The summed E-state index contributed by atoms with van der Waals surface area (Å²) in [6.45, 7) is 7.87. The molecule has 7 nitrogen and oxygen atoms in total. The van der Waals surface area contributed by atoms with E-state index in [0.29, 0.717) is 30.1 Å². The fourth-order valence-electron chi connectivity index (χ4n) is 2.86. The minimum Gasteiger partial charge on any atom is -0.449 e. The number of benzene rings is 1. The number of nitrogens with two attached hydrogens (primary N) is 1. The van der Waals surface area contributed by atoms with Crippen LogP contribution >= 0.6 is 0 Å². The summed E-state index contributed by atoms with van der Waals surface area (Å²) >= 11 is 0. The van der Waals surface area contributed by atoms with E-state index in [9.17, 15) is 18.0 Å². The van der Waals surface area contributed by atoms with Gasteiger partial charge in [-0.15, -0.1) is 0 Å². The van der Waals surface area contributed by atoms with E-state index in [2.05, 4.69) is 6.92 Å². The summed E-state index contributed by atoms with van der Waals surface area (Å²) in [5.74, 6) is -1.04. The van der Waals surface area contributed by atoms with Crippen LogP contribution in [-0.4, -0.2) is 43.8 Å². The number of carbonyl (C=O) groups excluding carboxylic acids is 2. The lowest BCUT2D eigenvalue weighted by molar-refractivity contribution is -0.125. The van der Waals surface area contributed by atoms with Crippen molar-refractivity contribution in [3.8, 4) is 0 Å². The number of carbonyl (C=O) groups is 2. The minimum atomic E-state index is -3.71. The van der Waals surface area contributed by atoms with Gasteiger partial charge in [0.2, 0.25) is 10.0 Å². The molecule has 1 fully saturated rings. The number of hydrogen-bond donors (Lipinski definition) is 1. The Kier molecular flexibility index (Phi) is 6.08. The Balaban J connectivity index is 2.38. The van der Waals surface area contributed by atoms with Crippen LogP contribution in [0.25, 0.3) is 0 Å². The smallest absolute Gasteiger partial charge is 0.338 e. The van der Waals surface area contributed by atoms with Crippen molar-refractivity contribution in [2.75, 3.05) is 13.1 Å². The molecule has 2 rings (SSSR count). The van der Waals surface area contributed by atoms with Gasteiger partial charge >= 0.3 is 5.97 Å². The van der Waals surface area contributed by atoms with Gasteiger partial charge in [0.15, 0.2) is 6.10 Å². The van der Waals surface area contributed by atoms with Crippen LogP contribution in [0.3, 0.4) is 0 Å². The highest BCUT2D eigenvalue weighted by molar-refractivity contribution is 7.89. The second-order valence-electron chi connectivity index (χ2n) is 6.95. The number of amides is 1. The standard InChI is InChI=1S/C18H26N2O5S/c1-11-5-7-20(8-6-11)26(23,24)16-10-15(9-12(2)13(16)3)18(22)25-14(4)17(19)21/h9-11,14H,5-8H2,1-4H3,(H2,19,21). The third-order valence-electron chi connectivity index (χ3n) is 4.90. The van der Waals surface area contributed by atoms with E-state index in [-0.39, 0.29) is 10.5 Å². The lowest BCUT2D eigenvalue weighted by atomic mass is 10.0. The topological polar surface area (TPSA) is 107 Å². The SMILES string of the molecule is Cc1cc(C(=O)OC(C)C(N)=O)cc(S(=O)(=O)N2CCC(C)CC2)c1C. The number of aryl methyl sites for hydroxylation is 1. The van der Waals surface area contributed by atoms with Crippen molar-refractivity contribution in [2.24, 2.45) is 11.7 Å². The van der Waals surface area contributed by atoms with Gasteiger partial charge in [0, 0.05) is 13.1 Å². The van der Waals surface area contributed by atoms with Gasteiger partial charge < -0.3 is 10.5 Å². The average Bonchev–Trinajstić information content (AvgIpc) is 2.57. The molecule has 1 aromatic rings. The Hall–Kier alpha value is -1.93. The van der Waals surface area contributed by atoms with Gasteiger partial charge in [-0.25, -0.2) is 13.2 Å². The molecule has 1 aromatic carbocycles. The number of hydrogen-bond acceptors (Lipinski definition) is 5. The number of ether oxygens (including phenoxy) is 1. The fourth-order valence-corrected chi connectivity index (χ4v) is 4.66.